The molecule has 11 heteroatoms. The van der Waals surface area contributed by atoms with Crippen molar-refractivity contribution in [1.29, 1.82) is 0 Å². The number of anilines is 1. The highest BCUT2D eigenvalue weighted by Crippen LogP contribution is 2.24. The summed E-state index contributed by atoms with van der Waals surface area (Å²) in [5.41, 5.74) is -0.371. The maximum absolute atomic E-state index is 12.1. The molecule has 1 saturated heterocycles. The topological polar surface area (TPSA) is 146 Å². The monoisotopic (exact) mass is 443 g/mol. The molecule has 130 valence electrons. The number of aromatic nitrogens is 2. The molecular weight excluding hydrogens is 425 g/mol. The van der Waals surface area contributed by atoms with Crippen LogP contribution in [0.15, 0.2) is 4.79 Å². The first kappa shape index (κ1) is 18.4. The molecule has 0 saturated carbocycles. The third-order valence-corrected chi connectivity index (χ3v) is 4.52. The Morgan fingerprint density at radius 1 is 1.35 bits per heavy atom. The predicted octanol–water partition coefficient (Wildman–Crippen LogP) is -2.39. The minimum Gasteiger partial charge on any atom is -0.468 e. The minimum absolute atomic E-state index is 0.0440. The molecule has 1 aliphatic rings. The van der Waals surface area contributed by atoms with Gasteiger partial charge in [-0.2, -0.15) is 4.98 Å². The fraction of sp³-hybridized carbons (Fsp3) is 0.667. The SMILES string of the molecule is COc1nc(N[C@@H]2O[C@@H](CO)[C@@H](O)[C@@H](O)[C@H]2O)c(I)c(=O)n1C. The Kier molecular flexibility index (Phi) is 5.80. The van der Waals surface area contributed by atoms with Crippen LogP contribution in [0.1, 0.15) is 0 Å². The van der Waals surface area contributed by atoms with Crippen LogP contribution in [0.5, 0.6) is 6.01 Å². The van der Waals surface area contributed by atoms with Crippen molar-refractivity contribution < 1.29 is 29.9 Å². The number of nitrogens with one attached hydrogen (secondary N) is 1. The summed E-state index contributed by atoms with van der Waals surface area (Å²) in [6, 6.07) is 0.0440. The van der Waals surface area contributed by atoms with Gasteiger partial charge >= 0.3 is 6.01 Å². The van der Waals surface area contributed by atoms with Crippen LogP contribution in [0, 0.1) is 3.57 Å². The summed E-state index contributed by atoms with van der Waals surface area (Å²) in [7, 11) is 2.85. The van der Waals surface area contributed by atoms with Gasteiger partial charge in [0.2, 0.25) is 0 Å². The van der Waals surface area contributed by atoms with Crippen LogP contribution in [0.3, 0.4) is 0 Å². The van der Waals surface area contributed by atoms with E-state index in [0.29, 0.717) is 0 Å². The number of aliphatic hydroxyl groups excluding tert-OH is 4. The van der Waals surface area contributed by atoms with Crippen molar-refractivity contribution in [2.75, 3.05) is 19.0 Å². The van der Waals surface area contributed by atoms with Crippen molar-refractivity contribution in [3.05, 3.63) is 13.9 Å². The van der Waals surface area contributed by atoms with Gasteiger partial charge in [-0.1, -0.05) is 0 Å². The maximum Gasteiger partial charge on any atom is 0.300 e. The van der Waals surface area contributed by atoms with E-state index in [1.807, 2.05) is 0 Å². The molecule has 0 radical (unpaired) electrons. The van der Waals surface area contributed by atoms with Gasteiger partial charge in [0.1, 0.15) is 28.0 Å². The van der Waals surface area contributed by atoms with Gasteiger partial charge < -0.3 is 35.2 Å². The first-order chi connectivity index (χ1) is 10.8. The molecular formula is C12H18IN3O7. The number of hydrogen-bond donors (Lipinski definition) is 5. The van der Waals surface area contributed by atoms with E-state index in [9.17, 15) is 25.2 Å². The lowest BCUT2D eigenvalue weighted by molar-refractivity contribution is -0.221. The van der Waals surface area contributed by atoms with Crippen molar-refractivity contribution >= 4 is 28.4 Å². The van der Waals surface area contributed by atoms with E-state index in [2.05, 4.69) is 10.3 Å². The zero-order valence-electron chi connectivity index (χ0n) is 12.4. The molecule has 2 heterocycles. The van der Waals surface area contributed by atoms with Gasteiger partial charge in [-0.05, 0) is 22.6 Å². The normalized spacial score (nSPS) is 31.0. The third kappa shape index (κ3) is 3.44. The summed E-state index contributed by atoms with van der Waals surface area (Å²) in [5, 5.41) is 41.4. The van der Waals surface area contributed by atoms with Crippen molar-refractivity contribution in [2.24, 2.45) is 7.05 Å². The molecule has 1 aromatic rings. The molecule has 2 rings (SSSR count). The first-order valence-corrected chi connectivity index (χ1v) is 7.77. The summed E-state index contributed by atoms with van der Waals surface area (Å²) in [6.45, 7) is -0.548. The van der Waals surface area contributed by atoms with Gasteiger partial charge in [0.05, 0.1) is 13.7 Å². The van der Waals surface area contributed by atoms with E-state index < -0.39 is 37.3 Å². The van der Waals surface area contributed by atoms with Crippen molar-refractivity contribution in [2.45, 2.75) is 30.6 Å². The van der Waals surface area contributed by atoms with E-state index in [-0.39, 0.29) is 21.0 Å². The molecule has 0 aromatic carbocycles. The van der Waals surface area contributed by atoms with Crippen LogP contribution in [-0.2, 0) is 11.8 Å². The lowest BCUT2D eigenvalue weighted by Crippen LogP contribution is -2.60. The predicted molar refractivity (Wildman–Crippen MR) is 86.1 cm³/mol. The molecule has 5 atom stereocenters. The van der Waals surface area contributed by atoms with E-state index in [1.165, 1.54) is 18.7 Å². The van der Waals surface area contributed by atoms with Gasteiger partial charge in [-0.3, -0.25) is 9.36 Å². The molecule has 0 amide bonds. The van der Waals surface area contributed by atoms with Crippen LogP contribution in [-0.4, -0.2) is 74.3 Å². The number of nitrogens with zero attached hydrogens (tertiary/aromatic N) is 2. The van der Waals surface area contributed by atoms with Crippen LogP contribution in [0.4, 0.5) is 5.82 Å². The highest BCUT2D eigenvalue weighted by molar-refractivity contribution is 14.1. The molecule has 0 bridgehead atoms. The lowest BCUT2D eigenvalue weighted by Gasteiger charge is -2.40. The molecule has 1 fully saturated rings. The Morgan fingerprint density at radius 3 is 2.57 bits per heavy atom. The number of aliphatic hydroxyl groups is 4. The Morgan fingerprint density at radius 2 is 2.00 bits per heavy atom. The standard InChI is InChI=1S/C12H18IN3O7/c1-16-11(21)5(13)9(15-12(16)22-2)14-10-8(20)7(19)6(18)4(3-17)23-10/h4,6-8,10,14,17-20H,3H2,1-2H3/t4-,6+,7+,8+,10+/m0/s1. The number of rotatable bonds is 4. The Hall–Kier alpha value is -0.990. The number of halogens is 1. The second-order valence-corrected chi connectivity index (χ2v) is 6.10. The molecule has 1 aliphatic heterocycles. The zero-order valence-corrected chi connectivity index (χ0v) is 14.5. The van der Waals surface area contributed by atoms with Crippen LogP contribution < -0.4 is 15.6 Å². The maximum atomic E-state index is 12.1. The number of methoxy groups -OCH3 is 1. The number of ether oxygens (including phenoxy) is 2. The van der Waals surface area contributed by atoms with Gasteiger partial charge in [0.15, 0.2) is 12.0 Å². The van der Waals surface area contributed by atoms with Crippen molar-refractivity contribution in [1.82, 2.24) is 9.55 Å². The first-order valence-electron chi connectivity index (χ1n) is 6.69. The molecule has 0 aliphatic carbocycles. The van der Waals surface area contributed by atoms with Gasteiger partial charge in [0.25, 0.3) is 5.56 Å². The Bertz CT molecular complexity index is 623. The van der Waals surface area contributed by atoms with E-state index >= 15 is 0 Å². The van der Waals surface area contributed by atoms with Gasteiger partial charge in [0, 0.05) is 7.05 Å². The minimum atomic E-state index is -1.52. The number of hydrogen-bond acceptors (Lipinski definition) is 9. The summed E-state index contributed by atoms with van der Waals surface area (Å²) in [4.78, 5) is 16.2. The average Bonchev–Trinajstić information content (AvgIpc) is 2.55. The van der Waals surface area contributed by atoms with E-state index in [1.54, 1.807) is 22.6 Å². The highest BCUT2D eigenvalue weighted by atomic mass is 127. The third-order valence-electron chi connectivity index (χ3n) is 3.55. The Balaban J connectivity index is 2.31. The molecule has 0 unspecified atom stereocenters. The second-order valence-electron chi connectivity index (χ2n) is 5.02. The molecule has 1 aromatic heterocycles. The second kappa shape index (κ2) is 7.27. The van der Waals surface area contributed by atoms with Crippen molar-refractivity contribution in [3.63, 3.8) is 0 Å². The summed E-state index contributed by atoms with van der Waals surface area (Å²) in [6.07, 6.45) is -6.71. The van der Waals surface area contributed by atoms with E-state index in [0.717, 1.165) is 0 Å². The summed E-state index contributed by atoms with van der Waals surface area (Å²) in [5.74, 6) is 0.0925. The van der Waals surface area contributed by atoms with Gasteiger partial charge in [-0.15, -0.1) is 0 Å². The fourth-order valence-electron chi connectivity index (χ4n) is 2.19. The van der Waals surface area contributed by atoms with E-state index in [4.69, 9.17) is 9.47 Å². The quantitative estimate of drug-likeness (QED) is 0.322. The van der Waals surface area contributed by atoms with Crippen LogP contribution in [0.25, 0.3) is 0 Å². The smallest absolute Gasteiger partial charge is 0.300 e. The largest absolute Gasteiger partial charge is 0.468 e. The highest BCUT2D eigenvalue weighted by Gasteiger charge is 2.43. The van der Waals surface area contributed by atoms with Crippen molar-refractivity contribution in [3.8, 4) is 6.01 Å². The zero-order chi connectivity index (χ0) is 17.3. The summed E-state index contributed by atoms with van der Waals surface area (Å²) < 4.78 is 11.7. The summed E-state index contributed by atoms with van der Waals surface area (Å²) >= 11 is 1.78. The average molecular weight is 443 g/mol. The Labute approximate surface area is 144 Å². The van der Waals surface area contributed by atoms with Crippen LogP contribution >= 0.6 is 22.6 Å². The molecule has 23 heavy (non-hydrogen) atoms. The fourth-order valence-corrected chi connectivity index (χ4v) is 2.83. The van der Waals surface area contributed by atoms with Gasteiger partial charge in [-0.25, -0.2) is 0 Å². The molecule has 0 spiro atoms. The molecule has 5 N–H and O–H groups in total. The van der Waals surface area contributed by atoms with Crippen LogP contribution in [0.2, 0.25) is 0 Å². The molecule has 10 nitrogen and oxygen atoms in total. The lowest BCUT2D eigenvalue weighted by atomic mass is 9.98.